The van der Waals surface area contributed by atoms with Crippen LogP contribution in [-0.2, 0) is 16.1 Å². The van der Waals surface area contributed by atoms with Crippen LogP contribution < -0.4 is 4.74 Å². The van der Waals surface area contributed by atoms with E-state index in [-0.39, 0.29) is 17.9 Å². The smallest absolute Gasteiger partial charge is 0.295 e. The molecule has 1 atom stereocenters. The van der Waals surface area contributed by atoms with Crippen LogP contribution in [0.2, 0.25) is 0 Å². The van der Waals surface area contributed by atoms with Crippen LogP contribution in [0.15, 0.2) is 72.8 Å². The van der Waals surface area contributed by atoms with Crippen molar-refractivity contribution in [2.75, 3.05) is 13.2 Å². The van der Waals surface area contributed by atoms with Crippen LogP contribution in [0.5, 0.6) is 5.75 Å². The third-order valence-corrected chi connectivity index (χ3v) is 5.97. The first-order chi connectivity index (χ1) is 17.0. The number of unbranched alkanes of at least 4 members (excludes halogenated alkanes) is 1. The number of rotatable bonds is 10. The maximum absolute atomic E-state index is 13.6. The zero-order valence-corrected chi connectivity index (χ0v) is 19.6. The van der Waals surface area contributed by atoms with Crippen LogP contribution in [-0.4, -0.2) is 44.4 Å². The van der Waals surface area contributed by atoms with E-state index in [0.29, 0.717) is 36.4 Å². The van der Waals surface area contributed by atoms with Gasteiger partial charge in [-0.1, -0.05) is 37.6 Å². The molecule has 35 heavy (non-hydrogen) atoms. The molecule has 1 unspecified atom stereocenters. The molecule has 1 N–H and O–H groups in total. The summed E-state index contributed by atoms with van der Waals surface area (Å²) >= 11 is 0. The van der Waals surface area contributed by atoms with Crippen molar-refractivity contribution in [2.24, 2.45) is 0 Å². The Morgan fingerprint density at radius 1 is 1.11 bits per heavy atom. The van der Waals surface area contributed by atoms with Gasteiger partial charge in [-0.25, -0.2) is 9.37 Å². The fraction of sp³-hybridized carbons (Fsp3) is 0.296. The lowest BCUT2D eigenvalue weighted by atomic mass is 9.95. The zero-order chi connectivity index (χ0) is 24.8. The number of likely N-dealkylation sites (tertiary alicyclic amines) is 1. The first kappa shape index (κ1) is 24.2. The summed E-state index contributed by atoms with van der Waals surface area (Å²) in [6.45, 7) is 3.49. The molecule has 2 aromatic carbocycles. The van der Waals surface area contributed by atoms with Crippen LogP contribution in [0, 0.1) is 5.82 Å². The van der Waals surface area contributed by atoms with Crippen molar-refractivity contribution in [1.29, 1.82) is 0 Å². The number of imidazole rings is 1. The zero-order valence-electron chi connectivity index (χ0n) is 19.6. The minimum atomic E-state index is -0.831. The third kappa shape index (κ3) is 5.42. The highest BCUT2D eigenvalue weighted by Gasteiger charge is 2.45. The van der Waals surface area contributed by atoms with Gasteiger partial charge in [-0.15, -0.1) is 0 Å². The highest BCUT2D eigenvalue weighted by molar-refractivity contribution is 6.46. The largest absolute Gasteiger partial charge is 0.507 e. The van der Waals surface area contributed by atoms with Gasteiger partial charge in [0.15, 0.2) is 0 Å². The number of aromatic nitrogens is 2. The number of benzene rings is 2. The van der Waals surface area contributed by atoms with Gasteiger partial charge < -0.3 is 19.3 Å². The van der Waals surface area contributed by atoms with Crippen molar-refractivity contribution in [3.05, 3.63) is 89.8 Å². The Labute approximate surface area is 203 Å². The van der Waals surface area contributed by atoms with Crippen LogP contribution in [0.4, 0.5) is 4.39 Å². The molecule has 0 aliphatic carbocycles. The summed E-state index contributed by atoms with van der Waals surface area (Å²) in [6.07, 6.45) is 7.63. The summed E-state index contributed by atoms with van der Waals surface area (Å²) in [7, 11) is 0. The molecule has 1 amide bonds. The summed E-state index contributed by atoms with van der Waals surface area (Å²) in [5.74, 6) is -1.60. The Morgan fingerprint density at radius 2 is 1.91 bits per heavy atom. The summed E-state index contributed by atoms with van der Waals surface area (Å²) in [5.41, 5.74) is 0.905. The molecule has 2 heterocycles. The second-order valence-corrected chi connectivity index (χ2v) is 8.43. The van der Waals surface area contributed by atoms with E-state index in [1.165, 1.54) is 29.2 Å². The quantitative estimate of drug-likeness (QED) is 0.198. The number of hydrogen-bond donors (Lipinski definition) is 1. The van der Waals surface area contributed by atoms with Crippen molar-refractivity contribution in [3.63, 3.8) is 0 Å². The molecular formula is C27H28FN3O4. The summed E-state index contributed by atoms with van der Waals surface area (Å²) in [6, 6.07) is 11.6. The second kappa shape index (κ2) is 11.0. The lowest BCUT2D eigenvalue weighted by Gasteiger charge is -2.25. The van der Waals surface area contributed by atoms with Gasteiger partial charge in [0.05, 0.1) is 24.5 Å². The maximum Gasteiger partial charge on any atom is 0.295 e. The monoisotopic (exact) mass is 477 g/mol. The first-order valence-corrected chi connectivity index (χ1v) is 11.7. The number of Topliss-reactive ketones (excluding diaryl/α,β-unsaturated/α-hetero) is 1. The van der Waals surface area contributed by atoms with E-state index in [4.69, 9.17) is 4.74 Å². The van der Waals surface area contributed by atoms with Crippen LogP contribution in [0.25, 0.3) is 5.76 Å². The maximum atomic E-state index is 13.6. The van der Waals surface area contributed by atoms with Gasteiger partial charge in [0.2, 0.25) is 0 Å². The number of halogens is 1. The lowest BCUT2D eigenvalue weighted by Crippen LogP contribution is -2.31. The minimum absolute atomic E-state index is 0.0186. The van der Waals surface area contributed by atoms with Crippen LogP contribution in [0.1, 0.15) is 43.4 Å². The number of amides is 1. The Balaban J connectivity index is 1.68. The Kier molecular flexibility index (Phi) is 7.60. The van der Waals surface area contributed by atoms with E-state index in [0.717, 1.165) is 12.8 Å². The van der Waals surface area contributed by atoms with Gasteiger partial charge in [0.25, 0.3) is 11.7 Å². The number of aryl methyl sites for hydroxylation is 1. The average Bonchev–Trinajstić information content (AvgIpc) is 3.47. The van der Waals surface area contributed by atoms with E-state index in [9.17, 15) is 19.1 Å². The molecule has 3 aromatic rings. The molecule has 1 aliphatic heterocycles. The van der Waals surface area contributed by atoms with Gasteiger partial charge in [-0.05, 0) is 42.7 Å². The molecule has 1 aliphatic rings. The van der Waals surface area contributed by atoms with Crippen molar-refractivity contribution in [3.8, 4) is 5.75 Å². The number of carbonyl (C=O) groups is 2. The molecule has 1 aromatic heterocycles. The molecule has 7 nitrogen and oxygen atoms in total. The molecular weight excluding hydrogens is 449 g/mol. The third-order valence-electron chi connectivity index (χ3n) is 5.97. The summed E-state index contributed by atoms with van der Waals surface area (Å²) in [5, 5.41) is 11.2. The van der Waals surface area contributed by atoms with E-state index >= 15 is 0 Å². The molecule has 0 radical (unpaired) electrons. The number of aliphatic hydroxyl groups excluding tert-OH is 1. The highest BCUT2D eigenvalue weighted by atomic mass is 19.1. The van der Waals surface area contributed by atoms with E-state index < -0.39 is 23.5 Å². The molecule has 0 saturated carbocycles. The molecule has 1 fully saturated rings. The van der Waals surface area contributed by atoms with Crippen molar-refractivity contribution < 1.29 is 23.8 Å². The molecule has 1 saturated heterocycles. The lowest BCUT2D eigenvalue weighted by molar-refractivity contribution is -0.139. The second-order valence-electron chi connectivity index (χ2n) is 8.43. The fourth-order valence-electron chi connectivity index (χ4n) is 4.17. The Hall–Kier alpha value is -3.94. The van der Waals surface area contributed by atoms with Crippen LogP contribution >= 0.6 is 0 Å². The van der Waals surface area contributed by atoms with Crippen molar-refractivity contribution in [2.45, 2.75) is 38.8 Å². The van der Waals surface area contributed by atoms with Gasteiger partial charge in [-0.2, -0.15) is 0 Å². The normalized spacial score (nSPS) is 17.2. The fourth-order valence-corrected chi connectivity index (χ4v) is 4.17. The number of ether oxygens (including phenoxy) is 1. The SMILES string of the molecule is CCCCOc1cccc(C(O)=C2C(=O)C(=O)N(CCCn3ccnc3)C2c2ccc(F)cc2)c1. The minimum Gasteiger partial charge on any atom is -0.507 e. The van der Waals surface area contributed by atoms with E-state index in [2.05, 4.69) is 11.9 Å². The van der Waals surface area contributed by atoms with Crippen LogP contribution in [0.3, 0.4) is 0 Å². The van der Waals surface area contributed by atoms with E-state index in [1.807, 2.05) is 10.8 Å². The van der Waals surface area contributed by atoms with Gasteiger partial charge in [0, 0.05) is 31.0 Å². The number of hydrogen-bond acceptors (Lipinski definition) is 5. The van der Waals surface area contributed by atoms with Crippen molar-refractivity contribution >= 4 is 17.4 Å². The topological polar surface area (TPSA) is 84.7 Å². The van der Waals surface area contributed by atoms with Crippen molar-refractivity contribution in [1.82, 2.24) is 14.5 Å². The van der Waals surface area contributed by atoms with Gasteiger partial charge in [-0.3, -0.25) is 9.59 Å². The first-order valence-electron chi connectivity index (χ1n) is 11.7. The molecule has 182 valence electrons. The predicted octanol–water partition coefficient (Wildman–Crippen LogP) is 4.71. The predicted molar refractivity (Wildman–Crippen MR) is 129 cm³/mol. The number of nitrogens with zero attached hydrogens (tertiary/aromatic N) is 3. The highest BCUT2D eigenvalue weighted by Crippen LogP contribution is 2.39. The number of carbonyl (C=O) groups excluding carboxylic acids is 2. The summed E-state index contributed by atoms with van der Waals surface area (Å²) < 4.78 is 21.3. The molecule has 4 rings (SSSR count). The average molecular weight is 478 g/mol. The molecule has 0 bridgehead atoms. The van der Waals surface area contributed by atoms with E-state index in [1.54, 1.807) is 36.8 Å². The van der Waals surface area contributed by atoms with Gasteiger partial charge in [0.1, 0.15) is 17.3 Å². The Bertz CT molecular complexity index is 1210. The number of ketones is 1. The standard InChI is InChI=1S/C27H28FN3O4/c1-2-3-16-35-22-7-4-6-20(17-22)25(32)23-24(19-8-10-21(28)11-9-19)31(27(34)26(23)33)14-5-13-30-15-12-29-18-30/h4,6-12,15,17-18,24,32H,2-3,5,13-14,16H2,1H3. The number of aliphatic hydroxyl groups is 1. The Morgan fingerprint density at radius 3 is 2.63 bits per heavy atom. The molecule has 8 heteroatoms. The van der Waals surface area contributed by atoms with Gasteiger partial charge >= 0.3 is 0 Å². The molecule has 0 spiro atoms. The summed E-state index contributed by atoms with van der Waals surface area (Å²) in [4.78, 5) is 31.6.